The van der Waals surface area contributed by atoms with Crippen LogP contribution in [0.4, 0.5) is 0 Å². The monoisotopic (exact) mass is 548 g/mol. The van der Waals surface area contributed by atoms with Gasteiger partial charge in [-0.05, 0) is 78.2 Å². The van der Waals surface area contributed by atoms with Crippen LogP contribution in [0.3, 0.4) is 0 Å². The Labute approximate surface area is 244 Å². The van der Waals surface area contributed by atoms with E-state index in [0.717, 1.165) is 5.46 Å². The van der Waals surface area contributed by atoms with E-state index in [1.165, 1.54) is 64.7 Å². The molecule has 2 nitrogen and oxygen atoms in total. The van der Waals surface area contributed by atoms with E-state index in [4.69, 9.17) is 9.31 Å². The zero-order chi connectivity index (χ0) is 27.7. The summed E-state index contributed by atoms with van der Waals surface area (Å²) in [4.78, 5) is 0. The molecule has 0 bridgehead atoms. The predicted octanol–water partition coefficient (Wildman–Crippen LogP) is 8.70. The van der Waals surface area contributed by atoms with Gasteiger partial charge in [-0.15, -0.1) is 11.3 Å². The lowest BCUT2D eigenvalue weighted by Crippen LogP contribution is -2.41. The standard InChI is InChI=1S/C37H29BO2S/c1-35(2)36(3,4)40-38(39-35)30-18-11-17-28-32(30)24-13-5-8-15-26(24)37(28)27-16-9-6-14-25(27)33-29(37)21-20-23-22-12-7-10-19-31(22)41-34(23)33/h5-21H,1-4H3. The third kappa shape index (κ3) is 2.81. The first-order valence-corrected chi connectivity index (χ1v) is 15.3. The van der Waals surface area contributed by atoms with Crippen molar-refractivity contribution in [2.75, 3.05) is 0 Å². The third-order valence-electron chi connectivity index (χ3n) is 10.2. The van der Waals surface area contributed by atoms with Gasteiger partial charge in [-0.1, -0.05) is 97.1 Å². The molecule has 0 N–H and O–H groups in total. The highest BCUT2D eigenvalue weighted by atomic mass is 32.1. The number of rotatable bonds is 1. The van der Waals surface area contributed by atoms with Crippen molar-refractivity contribution in [3.8, 4) is 22.3 Å². The van der Waals surface area contributed by atoms with Crippen LogP contribution in [0, 0.1) is 0 Å². The summed E-state index contributed by atoms with van der Waals surface area (Å²) in [6.07, 6.45) is 0. The first-order valence-electron chi connectivity index (χ1n) is 14.5. The van der Waals surface area contributed by atoms with E-state index in [1.807, 2.05) is 11.3 Å². The Morgan fingerprint density at radius 2 is 1.12 bits per heavy atom. The fourth-order valence-corrected chi connectivity index (χ4v) is 8.91. The van der Waals surface area contributed by atoms with Gasteiger partial charge in [0.25, 0.3) is 0 Å². The maximum Gasteiger partial charge on any atom is 0.495 e. The molecule has 9 rings (SSSR count). The van der Waals surface area contributed by atoms with Crippen molar-refractivity contribution in [2.24, 2.45) is 0 Å². The highest BCUT2D eigenvalue weighted by Gasteiger charge is 2.56. The van der Waals surface area contributed by atoms with Crippen molar-refractivity contribution < 1.29 is 9.31 Å². The van der Waals surface area contributed by atoms with E-state index in [2.05, 4.69) is 131 Å². The van der Waals surface area contributed by atoms with Gasteiger partial charge in [0.15, 0.2) is 0 Å². The zero-order valence-corrected chi connectivity index (χ0v) is 24.4. The second-order valence-electron chi connectivity index (χ2n) is 12.7. The van der Waals surface area contributed by atoms with Gasteiger partial charge in [-0.25, -0.2) is 0 Å². The van der Waals surface area contributed by atoms with E-state index < -0.39 is 23.7 Å². The quantitative estimate of drug-likeness (QED) is 0.191. The average molecular weight is 549 g/mol. The van der Waals surface area contributed by atoms with Crippen LogP contribution in [0.5, 0.6) is 0 Å². The predicted molar refractivity (Wildman–Crippen MR) is 171 cm³/mol. The molecule has 4 heteroatoms. The van der Waals surface area contributed by atoms with Crippen molar-refractivity contribution in [2.45, 2.75) is 44.3 Å². The van der Waals surface area contributed by atoms with Gasteiger partial charge in [0.05, 0.1) is 16.6 Å². The molecule has 2 aliphatic carbocycles. The second kappa shape index (κ2) is 7.77. The fraction of sp³-hybridized carbons (Fsp3) is 0.189. The minimum atomic E-state index is -0.431. The Balaban J connectivity index is 1.40. The first kappa shape index (κ1) is 24.0. The van der Waals surface area contributed by atoms with Gasteiger partial charge in [0.1, 0.15) is 0 Å². The molecular formula is C37H29BO2S. The van der Waals surface area contributed by atoms with E-state index in [0.29, 0.717) is 0 Å². The molecular weight excluding hydrogens is 519 g/mol. The first-order chi connectivity index (χ1) is 19.8. The molecule has 0 amide bonds. The second-order valence-corrected chi connectivity index (χ2v) is 13.7. The number of hydrogen-bond acceptors (Lipinski definition) is 3. The molecule has 1 aromatic heterocycles. The Morgan fingerprint density at radius 1 is 0.537 bits per heavy atom. The van der Waals surface area contributed by atoms with Crippen LogP contribution in [0.2, 0.25) is 0 Å². The summed E-state index contributed by atoms with van der Waals surface area (Å²) >= 11 is 1.92. The molecule has 1 atom stereocenters. The molecule has 1 fully saturated rings. The van der Waals surface area contributed by atoms with Crippen LogP contribution in [0.25, 0.3) is 42.4 Å². The van der Waals surface area contributed by atoms with Crippen LogP contribution in [-0.4, -0.2) is 18.3 Å². The highest BCUT2D eigenvalue weighted by Crippen LogP contribution is 2.64. The van der Waals surface area contributed by atoms with Gasteiger partial charge in [0, 0.05) is 25.7 Å². The summed E-state index contributed by atoms with van der Waals surface area (Å²) in [5, 5.41) is 2.68. The van der Waals surface area contributed by atoms with Gasteiger partial charge >= 0.3 is 7.12 Å². The number of thiophene rings is 1. The lowest BCUT2D eigenvalue weighted by Gasteiger charge is -2.32. The topological polar surface area (TPSA) is 18.5 Å². The Bertz CT molecular complexity index is 2070. The minimum absolute atomic E-state index is 0.401. The molecule has 1 unspecified atom stereocenters. The van der Waals surface area contributed by atoms with Crippen molar-refractivity contribution in [3.63, 3.8) is 0 Å². The lowest BCUT2D eigenvalue weighted by molar-refractivity contribution is 0.00578. The molecule has 0 saturated carbocycles. The van der Waals surface area contributed by atoms with Crippen LogP contribution in [0.1, 0.15) is 49.9 Å². The summed E-state index contributed by atoms with van der Waals surface area (Å²) in [5.41, 5.74) is 10.5. The van der Waals surface area contributed by atoms with Crippen molar-refractivity contribution in [3.05, 3.63) is 125 Å². The average Bonchev–Trinajstić information content (AvgIpc) is 3.65. The van der Waals surface area contributed by atoms with E-state index >= 15 is 0 Å². The third-order valence-corrected chi connectivity index (χ3v) is 11.4. The van der Waals surface area contributed by atoms with Crippen LogP contribution in [0.15, 0.2) is 103 Å². The molecule has 5 aromatic carbocycles. The van der Waals surface area contributed by atoms with Crippen LogP contribution in [-0.2, 0) is 14.7 Å². The van der Waals surface area contributed by atoms with Crippen LogP contribution >= 0.6 is 11.3 Å². The summed E-state index contributed by atoms with van der Waals surface area (Å²) in [7, 11) is -0.431. The summed E-state index contributed by atoms with van der Waals surface area (Å²) < 4.78 is 16.0. The van der Waals surface area contributed by atoms with Gasteiger partial charge in [-0.2, -0.15) is 0 Å². The molecule has 3 aliphatic rings. The Hall–Kier alpha value is -3.70. The van der Waals surface area contributed by atoms with Crippen molar-refractivity contribution in [1.82, 2.24) is 0 Å². The highest BCUT2D eigenvalue weighted by molar-refractivity contribution is 7.26. The lowest BCUT2D eigenvalue weighted by atomic mass is 9.69. The molecule has 198 valence electrons. The normalized spacial score (nSPS) is 20.9. The summed E-state index contributed by atoms with van der Waals surface area (Å²) in [6, 6.07) is 38.4. The zero-order valence-electron chi connectivity index (χ0n) is 23.6. The molecule has 6 aromatic rings. The Kier molecular flexibility index (Phi) is 4.54. The van der Waals surface area contributed by atoms with Crippen molar-refractivity contribution in [1.29, 1.82) is 0 Å². The molecule has 1 aliphatic heterocycles. The Morgan fingerprint density at radius 3 is 1.85 bits per heavy atom. The number of hydrogen-bond donors (Lipinski definition) is 0. The summed E-state index contributed by atoms with van der Waals surface area (Å²) in [6.45, 7) is 8.52. The van der Waals surface area contributed by atoms with E-state index in [9.17, 15) is 0 Å². The smallest absolute Gasteiger partial charge is 0.399 e. The molecule has 41 heavy (non-hydrogen) atoms. The van der Waals surface area contributed by atoms with E-state index in [-0.39, 0.29) is 0 Å². The SMILES string of the molecule is CC1(C)OB(c2cccc3c2-c2ccccc2C32c3ccccc3-c3c2ccc2c3sc3ccccc32)OC1(C)C. The maximum absolute atomic E-state index is 6.65. The van der Waals surface area contributed by atoms with Crippen molar-refractivity contribution >= 4 is 44.1 Å². The van der Waals surface area contributed by atoms with E-state index in [1.54, 1.807) is 0 Å². The molecule has 0 radical (unpaired) electrons. The molecule has 1 spiro atoms. The number of benzene rings is 5. The van der Waals surface area contributed by atoms with Gasteiger partial charge < -0.3 is 9.31 Å². The maximum atomic E-state index is 6.65. The minimum Gasteiger partial charge on any atom is -0.399 e. The number of fused-ring (bicyclic) bond motifs is 14. The fourth-order valence-electron chi connectivity index (χ4n) is 7.65. The van der Waals surface area contributed by atoms with Gasteiger partial charge in [0.2, 0.25) is 0 Å². The van der Waals surface area contributed by atoms with Gasteiger partial charge in [-0.3, -0.25) is 0 Å². The molecule has 2 heterocycles. The largest absolute Gasteiger partial charge is 0.495 e. The summed E-state index contributed by atoms with van der Waals surface area (Å²) in [5.74, 6) is 0. The molecule has 1 saturated heterocycles. The van der Waals surface area contributed by atoms with Crippen LogP contribution < -0.4 is 5.46 Å².